The van der Waals surface area contributed by atoms with Crippen molar-refractivity contribution in [1.82, 2.24) is 10.7 Å². The molecule has 100 valence electrons. The van der Waals surface area contributed by atoms with Crippen molar-refractivity contribution in [2.24, 2.45) is 16.8 Å². The third-order valence-electron chi connectivity index (χ3n) is 3.33. The van der Waals surface area contributed by atoms with Gasteiger partial charge in [0.2, 0.25) is 5.96 Å². The van der Waals surface area contributed by atoms with E-state index in [1.807, 2.05) is 0 Å². The highest BCUT2D eigenvalue weighted by atomic mass is 15.3. The van der Waals surface area contributed by atoms with E-state index >= 15 is 0 Å². The van der Waals surface area contributed by atoms with Crippen molar-refractivity contribution in [3.8, 4) is 0 Å². The third-order valence-corrected chi connectivity index (χ3v) is 3.33. The van der Waals surface area contributed by atoms with E-state index in [2.05, 4.69) is 36.5 Å². The molecule has 0 aromatic heterocycles. The lowest BCUT2D eigenvalue weighted by atomic mass is 10.0. The van der Waals surface area contributed by atoms with Gasteiger partial charge in [-0.1, -0.05) is 26.7 Å². The first-order valence-corrected chi connectivity index (χ1v) is 6.92. The van der Waals surface area contributed by atoms with E-state index in [0.29, 0.717) is 12.1 Å². The Morgan fingerprint density at radius 3 is 2.41 bits per heavy atom. The molecule has 4 N–H and O–H groups in total. The summed E-state index contributed by atoms with van der Waals surface area (Å²) in [6, 6.07) is 0.888. The van der Waals surface area contributed by atoms with Gasteiger partial charge in [0.25, 0.3) is 0 Å². The predicted octanol–water partition coefficient (Wildman–Crippen LogP) is 2.16. The van der Waals surface area contributed by atoms with Crippen LogP contribution >= 0.6 is 0 Å². The highest BCUT2D eigenvalue weighted by molar-refractivity contribution is 5.79. The smallest absolute Gasteiger partial charge is 0.206 e. The van der Waals surface area contributed by atoms with Gasteiger partial charge in [0.05, 0.1) is 6.04 Å². The molecular weight excluding hydrogens is 212 g/mol. The van der Waals surface area contributed by atoms with E-state index in [1.165, 1.54) is 32.1 Å². The van der Waals surface area contributed by atoms with Gasteiger partial charge in [-0.15, -0.1) is 0 Å². The van der Waals surface area contributed by atoms with Gasteiger partial charge in [0, 0.05) is 6.04 Å². The molecule has 0 aromatic rings. The number of hydrogen-bond acceptors (Lipinski definition) is 2. The minimum atomic E-state index is 0.425. The zero-order chi connectivity index (χ0) is 12.7. The topological polar surface area (TPSA) is 62.4 Å². The highest BCUT2D eigenvalue weighted by Gasteiger charge is 2.15. The van der Waals surface area contributed by atoms with E-state index in [-0.39, 0.29) is 0 Å². The van der Waals surface area contributed by atoms with Crippen LogP contribution in [0.1, 0.15) is 59.3 Å². The molecule has 1 fully saturated rings. The maximum atomic E-state index is 5.51. The van der Waals surface area contributed by atoms with Crippen molar-refractivity contribution in [3.63, 3.8) is 0 Å². The van der Waals surface area contributed by atoms with Crippen LogP contribution in [0.4, 0.5) is 0 Å². The fourth-order valence-electron chi connectivity index (χ4n) is 2.22. The van der Waals surface area contributed by atoms with Crippen molar-refractivity contribution in [3.05, 3.63) is 0 Å². The monoisotopic (exact) mass is 240 g/mol. The number of aliphatic imine (C=N–C) groups is 1. The summed E-state index contributed by atoms with van der Waals surface area (Å²) in [5.74, 6) is 7.02. The van der Waals surface area contributed by atoms with Crippen LogP contribution in [0.15, 0.2) is 4.99 Å². The summed E-state index contributed by atoms with van der Waals surface area (Å²) in [4.78, 5) is 4.63. The summed E-state index contributed by atoms with van der Waals surface area (Å²) in [5.41, 5.74) is 2.69. The minimum absolute atomic E-state index is 0.425. The van der Waals surface area contributed by atoms with Crippen LogP contribution in [0.3, 0.4) is 0 Å². The molecule has 1 saturated carbocycles. The molecule has 0 aromatic carbocycles. The van der Waals surface area contributed by atoms with E-state index in [0.717, 1.165) is 18.3 Å². The fraction of sp³-hybridized carbons (Fsp3) is 0.923. The number of nitrogens with two attached hydrogens (primary N) is 1. The molecule has 0 bridgehead atoms. The van der Waals surface area contributed by atoms with E-state index in [4.69, 9.17) is 5.84 Å². The summed E-state index contributed by atoms with van der Waals surface area (Å²) in [6.07, 6.45) is 7.39. The Balaban J connectivity index is 2.34. The Labute approximate surface area is 105 Å². The summed E-state index contributed by atoms with van der Waals surface area (Å²) < 4.78 is 0. The Morgan fingerprint density at radius 1 is 1.24 bits per heavy atom. The largest absolute Gasteiger partial charge is 0.353 e. The molecular formula is C13H28N4. The Morgan fingerprint density at radius 2 is 1.88 bits per heavy atom. The molecule has 0 spiro atoms. The van der Waals surface area contributed by atoms with Gasteiger partial charge in [-0.3, -0.25) is 5.43 Å². The standard InChI is InChI=1S/C13H28N4/c1-10(2)8-9-11(3)15-13(17-14)16-12-6-4-5-7-12/h10-12H,4-9,14H2,1-3H3,(H2,15,16,17). The number of hydrazine groups is 1. The van der Waals surface area contributed by atoms with Gasteiger partial charge in [-0.05, 0) is 38.5 Å². The van der Waals surface area contributed by atoms with E-state index < -0.39 is 0 Å². The number of hydrogen-bond donors (Lipinski definition) is 3. The lowest BCUT2D eigenvalue weighted by Crippen LogP contribution is -2.46. The third kappa shape index (κ3) is 5.91. The van der Waals surface area contributed by atoms with Crippen LogP contribution in [0.5, 0.6) is 0 Å². The maximum absolute atomic E-state index is 5.51. The zero-order valence-electron chi connectivity index (χ0n) is 11.5. The zero-order valence-corrected chi connectivity index (χ0v) is 11.5. The first-order valence-electron chi connectivity index (χ1n) is 6.92. The van der Waals surface area contributed by atoms with Crippen LogP contribution in [0.2, 0.25) is 0 Å². The lowest BCUT2D eigenvalue weighted by Gasteiger charge is -2.18. The summed E-state index contributed by atoms with van der Waals surface area (Å²) in [5, 5.41) is 3.36. The number of nitrogens with zero attached hydrogens (tertiary/aromatic N) is 1. The van der Waals surface area contributed by atoms with E-state index in [1.54, 1.807) is 0 Å². The molecule has 17 heavy (non-hydrogen) atoms. The summed E-state index contributed by atoms with van der Waals surface area (Å²) in [6.45, 7) is 6.69. The predicted molar refractivity (Wildman–Crippen MR) is 73.7 cm³/mol. The molecule has 0 amide bonds. The second kappa shape index (κ2) is 7.54. The maximum Gasteiger partial charge on any atom is 0.206 e. The second-order valence-corrected chi connectivity index (χ2v) is 5.58. The fourth-order valence-corrected chi connectivity index (χ4v) is 2.22. The first kappa shape index (κ1) is 14.3. The quantitative estimate of drug-likeness (QED) is 0.299. The molecule has 0 heterocycles. The highest BCUT2D eigenvalue weighted by Crippen LogP contribution is 2.20. The van der Waals surface area contributed by atoms with Crippen LogP contribution in [0, 0.1) is 5.92 Å². The van der Waals surface area contributed by atoms with Crippen molar-refractivity contribution in [2.45, 2.75) is 71.4 Å². The first-order chi connectivity index (χ1) is 8.11. The van der Waals surface area contributed by atoms with Crippen molar-refractivity contribution >= 4 is 5.96 Å². The second-order valence-electron chi connectivity index (χ2n) is 5.58. The summed E-state index contributed by atoms with van der Waals surface area (Å²) >= 11 is 0. The van der Waals surface area contributed by atoms with Crippen LogP contribution in [-0.4, -0.2) is 18.0 Å². The Kier molecular flexibility index (Phi) is 6.34. The molecule has 1 rings (SSSR count). The minimum Gasteiger partial charge on any atom is -0.353 e. The molecule has 0 aliphatic heterocycles. The average Bonchev–Trinajstić information content (AvgIpc) is 2.78. The number of rotatable bonds is 5. The van der Waals surface area contributed by atoms with Gasteiger partial charge >= 0.3 is 0 Å². The molecule has 0 radical (unpaired) electrons. The molecule has 0 saturated heterocycles. The molecule has 1 aliphatic rings. The molecule has 1 aliphatic carbocycles. The van der Waals surface area contributed by atoms with Crippen molar-refractivity contribution < 1.29 is 0 Å². The van der Waals surface area contributed by atoms with Crippen LogP contribution in [-0.2, 0) is 0 Å². The summed E-state index contributed by atoms with van der Waals surface area (Å²) in [7, 11) is 0. The van der Waals surface area contributed by atoms with E-state index in [9.17, 15) is 0 Å². The van der Waals surface area contributed by atoms with Gasteiger partial charge in [0.1, 0.15) is 0 Å². The molecule has 1 atom stereocenters. The SMILES string of the molecule is CC(C)CCC(C)NC(=NC1CCCC1)NN. The number of nitrogens with one attached hydrogen (secondary N) is 2. The van der Waals surface area contributed by atoms with Crippen LogP contribution < -0.4 is 16.6 Å². The molecule has 1 unspecified atom stereocenters. The van der Waals surface area contributed by atoms with Gasteiger partial charge in [-0.2, -0.15) is 0 Å². The Hall–Kier alpha value is -0.770. The van der Waals surface area contributed by atoms with Crippen molar-refractivity contribution in [2.75, 3.05) is 0 Å². The van der Waals surface area contributed by atoms with Crippen molar-refractivity contribution in [1.29, 1.82) is 0 Å². The molecule has 4 heteroatoms. The van der Waals surface area contributed by atoms with Gasteiger partial charge in [0.15, 0.2) is 0 Å². The lowest BCUT2D eigenvalue weighted by molar-refractivity contribution is 0.488. The Bertz CT molecular complexity index is 232. The van der Waals surface area contributed by atoms with Crippen LogP contribution in [0.25, 0.3) is 0 Å². The normalized spacial score (nSPS) is 19.7. The molecule has 4 nitrogen and oxygen atoms in total. The van der Waals surface area contributed by atoms with Gasteiger partial charge < -0.3 is 5.32 Å². The average molecular weight is 240 g/mol. The number of guanidine groups is 1. The van der Waals surface area contributed by atoms with Gasteiger partial charge in [-0.25, -0.2) is 10.8 Å².